The van der Waals surface area contributed by atoms with Crippen LogP contribution in [-0.2, 0) is 19.6 Å². The van der Waals surface area contributed by atoms with Crippen LogP contribution in [0.1, 0.15) is 16.0 Å². The molecule has 3 rings (SSSR count). The molecular weight excluding hydrogens is 268 g/mol. The van der Waals surface area contributed by atoms with Crippen molar-refractivity contribution < 1.29 is 5.11 Å². The lowest BCUT2D eigenvalue weighted by atomic mass is 10.0. The van der Waals surface area contributed by atoms with Crippen molar-refractivity contribution in [2.45, 2.75) is 19.6 Å². The molecule has 1 aliphatic heterocycles. The number of nitrogens with zero attached hydrogens (tertiary/aromatic N) is 2. The summed E-state index contributed by atoms with van der Waals surface area (Å²) in [6.45, 7) is 1.78. The van der Waals surface area contributed by atoms with Gasteiger partial charge in [0.05, 0.1) is 11.5 Å². The molecule has 94 valence electrons. The summed E-state index contributed by atoms with van der Waals surface area (Å²) in [6.07, 6.45) is 1.03. The van der Waals surface area contributed by atoms with Crippen molar-refractivity contribution >= 4 is 28.1 Å². The topological polar surface area (TPSA) is 36.4 Å². The number of aliphatic hydroxyl groups is 1. The van der Waals surface area contributed by atoms with Crippen molar-refractivity contribution in [1.82, 2.24) is 4.98 Å². The molecule has 1 aromatic heterocycles. The normalized spacial score (nSPS) is 14.7. The molecular formula is C13H13ClN2OS. The molecule has 0 saturated heterocycles. The lowest BCUT2D eigenvalue weighted by Crippen LogP contribution is -2.30. The summed E-state index contributed by atoms with van der Waals surface area (Å²) in [4.78, 5) is 7.29. The summed E-state index contributed by atoms with van der Waals surface area (Å²) < 4.78 is 0. The first-order chi connectivity index (χ1) is 8.78. The second kappa shape index (κ2) is 4.88. The predicted molar refractivity (Wildman–Crippen MR) is 74.2 cm³/mol. The van der Waals surface area contributed by atoms with E-state index in [1.165, 1.54) is 22.5 Å². The van der Waals surface area contributed by atoms with Gasteiger partial charge in [0.15, 0.2) is 5.13 Å². The quantitative estimate of drug-likeness (QED) is 0.919. The number of halogens is 1. The molecule has 1 N–H and O–H groups in total. The van der Waals surface area contributed by atoms with Crippen LogP contribution in [0.3, 0.4) is 0 Å². The maximum Gasteiger partial charge on any atom is 0.187 e. The van der Waals surface area contributed by atoms with E-state index in [-0.39, 0.29) is 6.61 Å². The van der Waals surface area contributed by atoms with Gasteiger partial charge < -0.3 is 10.0 Å². The standard InChI is InChI=1S/C13H13ClN2OS/c14-12-11(8-17)18-13(15-12)16-6-5-9-3-1-2-4-10(9)7-16/h1-4,17H,5-8H2. The van der Waals surface area contributed by atoms with Gasteiger partial charge >= 0.3 is 0 Å². The zero-order valence-electron chi connectivity index (χ0n) is 9.77. The van der Waals surface area contributed by atoms with Gasteiger partial charge in [-0.1, -0.05) is 47.2 Å². The van der Waals surface area contributed by atoms with E-state index in [9.17, 15) is 0 Å². The van der Waals surface area contributed by atoms with E-state index in [4.69, 9.17) is 16.7 Å². The van der Waals surface area contributed by atoms with Crippen molar-refractivity contribution in [2.75, 3.05) is 11.4 Å². The Kier molecular flexibility index (Phi) is 3.24. The van der Waals surface area contributed by atoms with Gasteiger partial charge in [0.1, 0.15) is 5.15 Å². The molecule has 2 heterocycles. The van der Waals surface area contributed by atoms with Crippen LogP contribution in [0.2, 0.25) is 5.15 Å². The summed E-state index contributed by atoms with van der Waals surface area (Å²) in [5.74, 6) is 0. The summed E-state index contributed by atoms with van der Waals surface area (Å²) in [7, 11) is 0. The Morgan fingerprint density at radius 1 is 1.33 bits per heavy atom. The van der Waals surface area contributed by atoms with Crippen LogP contribution in [0, 0.1) is 0 Å². The van der Waals surface area contributed by atoms with Crippen molar-refractivity contribution in [3.8, 4) is 0 Å². The summed E-state index contributed by atoms with van der Waals surface area (Å²) in [6, 6.07) is 8.49. The average molecular weight is 281 g/mol. The third kappa shape index (κ3) is 2.11. The number of aliphatic hydroxyl groups excluding tert-OH is 1. The number of benzene rings is 1. The van der Waals surface area contributed by atoms with Gasteiger partial charge in [-0.3, -0.25) is 0 Å². The number of anilines is 1. The summed E-state index contributed by atoms with van der Waals surface area (Å²) >= 11 is 7.45. The largest absolute Gasteiger partial charge is 0.391 e. The van der Waals surface area contributed by atoms with E-state index in [2.05, 4.69) is 34.1 Å². The number of fused-ring (bicyclic) bond motifs is 1. The van der Waals surface area contributed by atoms with Crippen LogP contribution in [0.15, 0.2) is 24.3 Å². The highest BCUT2D eigenvalue weighted by molar-refractivity contribution is 7.16. The Hall–Kier alpha value is -1.10. The van der Waals surface area contributed by atoms with Gasteiger partial charge in [-0.15, -0.1) is 0 Å². The first kappa shape index (κ1) is 12.0. The molecule has 5 heteroatoms. The Labute approximate surface area is 115 Å². The second-order valence-corrected chi connectivity index (χ2v) is 5.73. The monoisotopic (exact) mass is 280 g/mol. The second-order valence-electron chi connectivity index (χ2n) is 4.31. The maximum atomic E-state index is 9.16. The zero-order chi connectivity index (χ0) is 12.5. The Balaban J connectivity index is 1.87. The van der Waals surface area contributed by atoms with Gasteiger partial charge in [0.2, 0.25) is 0 Å². The molecule has 0 atom stereocenters. The maximum absolute atomic E-state index is 9.16. The number of hydrogen-bond acceptors (Lipinski definition) is 4. The number of thiazole rings is 1. The van der Waals surface area contributed by atoms with Gasteiger partial charge in [0, 0.05) is 13.1 Å². The fourth-order valence-electron chi connectivity index (χ4n) is 2.21. The fourth-order valence-corrected chi connectivity index (χ4v) is 3.36. The lowest BCUT2D eigenvalue weighted by Gasteiger charge is -2.28. The molecule has 0 spiro atoms. The number of hydrogen-bond donors (Lipinski definition) is 1. The van der Waals surface area contributed by atoms with Crippen LogP contribution in [0.25, 0.3) is 0 Å². The number of aromatic nitrogens is 1. The molecule has 2 aromatic rings. The molecule has 0 amide bonds. The first-order valence-corrected chi connectivity index (χ1v) is 7.05. The molecule has 1 aliphatic rings. The van der Waals surface area contributed by atoms with Gasteiger partial charge in [-0.25, -0.2) is 4.98 Å². The van der Waals surface area contributed by atoms with Gasteiger partial charge in [-0.05, 0) is 17.5 Å². The van der Waals surface area contributed by atoms with Crippen molar-refractivity contribution in [2.24, 2.45) is 0 Å². The van der Waals surface area contributed by atoms with Crippen LogP contribution in [0.4, 0.5) is 5.13 Å². The highest BCUT2D eigenvalue weighted by atomic mass is 35.5. The third-order valence-corrected chi connectivity index (χ3v) is 4.71. The molecule has 0 unspecified atom stereocenters. The van der Waals surface area contributed by atoms with E-state index in [0.717, 1.165) is 29.5 Å². The zero-order valence-corrected chi connectivity index (χ0v) is 11.3. The third-order valence-electron chi connectivity index (χ3n) is 3.18. The Morgan fingerprint density at radius 2 is 2.11 bits per heavy atom. The van der Waals surface area contributed by atoms with Crippen LogP contribution < -0.4 is 4.90 Å². The SMILES string of the molecule is OCc1sc(N2CCc3ccccc3C2)nc1Cl. The van der Waals surface area contributed by atoms with Crippen molar-refractivity contribution in [1.29, 1.82) is 0 Å². The minimum Gasteiger partial charge on any atom is -0.391 e. The average Bonchev–Trinajstić information content (AvgIpc) is 2.79. The van der Waals surface area contributed by atoms with Crippen molar-refractivity contribution in [3.63, 3.8) is 0 Å². The van der Waals surface area contributed by atoms with Gasteiger partial charge in [0.25, 0.3) is 0 Å². The van der Waals surface area contributed by atoms with Crippen molar-refractivity contribution in [3.05, 3.63) is 45.4 Å². The minimum absolute atomic E-state index is 0.0407. The van der Waals surface area contributed by atoms with E-state index in [1.54, 1.807) is 0 Å². The molecule has 0 aliphatic carbocycles. The molecule has 18 heavy (non-hydrogen) atoms. The van der Waals surface area contributed by atoms with E-state index in [1.807, 2.05) is 0 Å². The molecule has 0 fully saturated rings. The fraction of sp³-hybridized carbons (Fsp3) is 0.308. The van der Waals surface area contributed by atoms with E-state index in [0.29, 0.717) is 5.15 Å². The van der Waals surface area contributed by atoms with Crippen LogP contribution >= 0.6 is 22.9 Å². The predicted octanol–water partition coefficient (Wildman–Crippen LogP) is 2.85. The minimum atomic E-state index is -0.0407. The Morgan fingerprint density at radius 3 is 2.83 bits per heavy atom. The summed E-state index contributed by atoms with van der Waals surface area (Å²) in [5.41, 5.74) is 2.76. The van der Waals surface area contributed by atoms with E-state index >= 15 is 0 Å². The summed E-state index contributed by atoms with van der Waals surface area (Å²) in [5, 5.41) is 10.5. The smallest absolute Gasteiger partial charge is 0.187 e. The van der Waals surface area contributed by atoms with E-state index < -0.39 is 0 Å². The first-order valence-electron chi connectivity index (χ1n) is 5.85. The Bertz CT molecular complexity index is 570. The molecule has 0 saturated carbocycles. The number of rotatable bonds is 2. The molecule has 3 nitrogen and oxygen atoms in total. The molecule has 0 bridgehead atoms. The molecule has 0 radical (unpaired) electrons. The highest BCUT2D eigenvalue weighted by Crippen LogP contribution is 2.32. The van der Waals surface area contributed by atoms with Crippen LogP contribution in [-0.4, -0.2) is 16.6 Å². The lowest BCUT2D eigenvalue weighted by molar-refractivity contribution is 0.285. The highest BCUT2D eigenvalue weighted by Gasteiger charge is 2.20. The van der Waals surface area contributed by atoms with Crippen LogP contribution in [0.5, 0.6) is 0 Å². The van der Waals surface area contributed by atoms with Gasteiger partial charge in [-0.2, -0.15) is 0 Å². The molecule has 1 aromatic carbocycles.